The van der Waals surface area contributed by atoms with Gasteiger partial charge in [0.1, 0.15) is 12.4 Å². The third kappa shape index (κ3) is 4.50. The first kappa shape index (κ1) is 16.4. The molecule has 4 heteroatoms. The lowest BCUT2D eigenvalue weighted by atomic mass is 10.1. The molecule has 1 N–H and O–H groups in total. The molecule has 0 unspecified atom stereocenters. The van der Waals surface area contributed by atoms with E-state index in [0.29, 0.717) is 22.9 Å². The molecule has 0 aliphatic carbocycles. The van der Waals surface area contributed by atoms with Crippen molar-refractivity contribution in [1.82, 2.24) is 5.32 Å². The van der Waals surface area contributed by atoms with E-state index >= 15 is 0 Å². The molecule has 2 aromatic carbocycles. The van der Waals surface area contributed by atoms with E-state index in [1.54, 1.807) is 18.2 Å². The molecular weight excluding hydrogens is 298 g/mol. The summed E-state index contributed by atoms with van der Waals surface area (Å²) >= 11 is 6.01. The zero-order chi connectivity index (χ0) is 15.9. The van der Waals surface area contributed by atoms with Crippen LogP contribution in [0, 0.1) is 0 Å². The molecule has 1 amide bonds. The standard InChI is InChI=1S/C18H20ClNO2/c1-3-13(2)20-18(21)16-11-15(19)9-10-17(16)22-12-14-7-5-4-6-8-14/h4-11,13H,3,12H2,1-2H3,(H,20,21)/t13-/m1/s1. The van der Waals surface area contributed by atoms with Gasteiger partial charge in [0, 0.05) is 11.1 Å². The Morgan fingerprint density at radius 1 is 1.23 bits per heavy atom. The molecule has 0 aliphatic heterocycles. The van der Waals surface area contributed by atoms with E-state index < -0.39 is 0 Å². The van der Waals surface area contributed by atoms with E-state index in [-0.39, 0.29) is 11.9 Å². The van der Waals surface area contributed by atoms with E-state index in [4.69, 9.17) is 16.3 Å². The average molecular weight is 318 g/mol. The van der Waals surface area contributed by atoms with Gasteiger partial charge in [-0.2, -0.15) is 0 Å². The predicted molar refractivity (Wildman–Crippen MR) is 89.4 cm³/mol. The van der Waals surface area contributed by atoms with Crippen LogP contribution in [0.2, 0.25) is 5.02 Å². The lowest BCUT2D eigenvalue weighted by Gasteiger charge is -2.15. The molecule has 0 saturated carbocycles. The lowest BCUT2D eigenvalue weighted by molar-refractivity contribution is 0.0934. The maximum Gasteiger partial charge on any atom is 0.255 e. The Hall–Kier alpha value is -2.00. The molecule has 22 heavy (non-hydrogen) atoms. The molecule has 116 valence electrons. The Balaban J connectivity index is 2.15. The minimum absolute atomic E-state index is 0.105. The highest BCUT2D eigenvalue weighted by Crippen LogP contribution is 2.24. The second kappa shape index (κ2) is 7.85. The molecule has 0 aliphatic rings. The quantitative estimate of drug-likeness (QED) is 0.855. The zero-order valence-corrected chi connectivity index (χ0v) is 13.6. The molecule has 2 aromatic rings. The topological polar surface area (TPSA) is 38.3 Å². The second-order valence-corrected chi connectivity index (χ2v) is 5.63. The number of hydrogen-bond acceptors (Lipinski definition) is 2. The van der Waals surface area contributed by atoms with Crippen molar-refractivity contribution >= 4 is 17.5 Å². The van der Waals surface area contributed by atoms with Gasteiger partial charge in [0.2, 0.25) is 0 Å². The molecule has 0 aromatic heterocycles. The summed E-state index contributed by atoms with van der Waals surface area (Å²) in [7, 11) is 0. The smallest absolute Gasteiger partial charge is 0.255 e. The van der Waals surface area contributed by atoms with E-state index in [2.05, 4.69) is 5.32 Å². The van der Waals surface area contributed by atoms with E-state index in [1.807, 2.05) is 44.2 Å². The molecule has 3 nitrogen and oxygen atoms in total. The van der Waals surface area contributed by atoms with E-state index in [1.165, 1.54) is 0 Å². The van der Waals surface area contributed by atoms with E-state index in [9.17, 15) is 4.79 Å². The molecule has 0 spiro atoms. The van der Waals surface area contributed by atoms with Crippen LogP contribution in [0.4, 0.5) is 0 Å². The SMILES string of the molecule is CC[C@@H](C)NC(=O)c1cc(Cl)ccc1OCc1ccccc1. The molecule has 0 heterocycles. The zero-order valence-electron chi connectivity index (χ0n) is 12.8. The van der Waals surface area contributed by atoms with Gasteiger partial charge >= 0.3 is 0 Å². The van der Waals surface area contributed by atoms with Gasteiger partial charge in [-0.05, 0) is 37.1 Å². The molecule has 1 atom stereocenters. The largest absolute Gasteiger partial charge is 0.488 e. The van der Waals surface area contributed by atoms with Crippen molar-refractivity contribution in [3.8, 4) is 5.75 Å². The van der Waals surface area contributed by atoms with Gasteiger partial charge in [0.25, 0.3) is 5.91 Å². The van der Waals surface area contributed by atoms with Crippen molar-refractivity contribution in [1.29, 1.82) is 0 Å². The Kier molecular flexibility index (Phi) is 5.84. The second-order valence-electron chi connectivity index (χ2n) is 5.20. The van der Waals surface area contributed by atoms with Crippen molar-refractivity contribution in [3.63, 3.8) is 0 Å². The van der Waals surface area contributed by atoms with Crippen LogP contribution in [0.1, 0.15) is 36.2 Å². The number of rotatable bonds is 6. The fraction of sp³-hybridized carbons (Fsp3) is 0.278. The van der Waals surface area contributed by atoms with Crippen LogP contribution in [0.5, 0.6) is 5.75 Å². The highest BCUT2D eigenvalue weighted by atomic mass is 35.5. The van der Waals surface area contributed by atoms with Crippen LogP contribution in [-0.2, 0) is 6.61 Å². The van der Waals surface area contributed by atoms with Crippen LogP contribution in [0.3, 0.4) is 0 Å². The highest BCUT2D eigenvalue weighted by molar-refractivity contribution is 6.31. The van der Waals surface area contributed by atoms with Gasteiger partial charge in [-0.15, -0.1) is 0 Å². The van der Waals surface area contributed by atoms with Gasteiger partial charge in [0.05, 0.1) is 5.56 Å². The highest BCUT2D eigenvalue weighted by Gasteiger charge is 2.15. The van der Waals surface area contributed by atoms with Crippen molar-refractivity contribution in [2.45, 2.75) is 32.9 Å². The minimum Gasteiger partial charge on any atom is -0.488 e. The molecule has 0 fully saturated rings. The van der Waals surface area contributed by atoms with E-state index in [0.717, 1.165) is 12.0 Å². The number of hydrogen-bond donors (Lipinski definition) is 1. The number of benzene rings is 2. The molecular formula is C18H20ClNO2. The summed E-state index contributed by atoms with van der Waals surface area (Å²) in [6.07, 6.45) is 0.868. The van der Waals surface area contributed by atoms with Crippen LogP contribution in [0.25, 0.3) is 0 Å². The van der Waals surface area contributed by atoms with Crippen molar-refractivity contribution < 1.29 is 9.53 Å². The Morgan fingerprint density at radius 3 is 2.64 bits per heavy atom. The monoisotopic (exact) mass is 317 g/mol. The fourth-order valence-electron chi connectivity index (χ4n) is 1.94. The fourth-order valence-corrected chi connectivity index (χ4v) is 2.12. The Labute approximate surface area is 136 Å². The summed E-state index contributed by atoms with van der Waals surface area (Å²) in [5.74, 6) is 0.369. The lowest BCUT2D eigenvalue weighted by Crippen LogP contribution is -2.32. The van der Waals surface area contributed by atoms with Gasteiger partial charge in [-0.1, -0.05) is 48.9 Å². The summed E-state index contributed by atoms with van der Waals surface area (Å²) in [6, 6.07) is 15.0. The number of carbonyl (C=O) groups excluding carboxylic acids is 1. The molecule has 0 bridgehead atoms. The maximum atomic E-state index is 12.3. The Bertz CT molecular complexity index is 628. The molecule has 0 saturated heterocycles. The number of ether oxygens (including phenoxy) is 1. The molecule has 2 rings (SSSR count). The summed E-state index contributed by atoms with van der Waals surface area (Å²) in [6.45, 7) is 4.40. The van der Waals surface area contributed by atoms with Gasteiger partial charge < -0.3 is 10.1 Å². The van der Waals surface area contributed by atoms with Gasteiger partial charge in [-0.25, -0.2) is 0 Å². The Morgan fingerprint density at radius 2 is 1.95 bits per heavy atom. The van der Waals surface area contributed by atoms with Crippen molar-refractivity contribution in [2.24, 2.45) is 0 Å². The first-order valence-electron chi connectivity index (χ1n) is 7.37. The maximum absolute atomic E-state index is 12.3. The third-order valence-electron chi connectivity index (χ3n) is 3.41. The first-order chi connectivity index (χ1) is 10.6. The van der Waals surface area contributed by atoms with Crippen molar-refractivity contribution in [2.75, 3.05) is 0 Å². The summed E-state index contributed by atoms with van der Waals surface area (Å²) < 4.78 is 5.80. The summed E-state index contributed by atoms with van der Waals surface area (Å²) in [5, 5.41) is 3.45. The summed E-state index contributed by atoms with van der Waals surface area (Å²) in [4.78, 5) is 12.3. The minimum atomic E-state index is -0.167. The number of amides is 1. The number of nitrogens with one attached hydrogen (secondary N) is 1. The van der Waals surface area contributed by atoms with Gasteiger partial charge in [-0.3, -0.25) is 4.79 Å². The van der Waals surface area contributed by atoms with Crippen LogP contribution >= 0.6 is 11.6 Å². The molecule has 0 radical (unpaired) electrons. The van der Waals surface area contributed by atoms with Crippen molar-refractivity contribution in [3.05, 3.63) is 64.7 Å². The van der Waals surface area contributed by atoms with Crippen LogP contribution in [0.15, 0.2) is 48.5 Å². The number of halogens is 1. The van der Waals surface area contributed by atoms with Crippen LogP contribution in [-0.4, -0.2) is 11.9 Å². The summed E-state index contributed by atoms with van der Waals surface area (Å²) in [5.41, 5.74) is 1.51. The first-order valence-corrected chi connectivity index (χ1v) is 7.75. The average Bonchev–Trinajstić information content (AvgIpc) is 2.54. The van der Waals surface area contributed by atoms with Gasteiger partial charge in [0.15, 0.2) is 0 Å². The van der Waals surface area contributed by atoms with Crippen LogP contribution < -0.4 is 10.1 Å². The normalized spacial score (nSPS) is 11.8. The number of carbonyl (C=O) groups is 1. The third-order valence-corrected chi connectivity index (χ3v) is 3.65. The predicted octanol–water partition coefficient (Wildman–Crippen LogP) is 4.45.